The van der Waals surface area contributed by atoms with Gasteiger partial charge in [0.1, 0.15) is 0 Å². The fourth-order valence-corrected chi connectivity index (χ4v) is 2.20. The van der Waals surface area contributed by atoms with Crippen molar-refractivity contribution in [3.63, 3.8) is 0 Å². The standard InChI is InChI=1S/C15H20FNO3/c1-11-10-20-12(2)9-17(11)15(18)7-8-19-14-6-4-3-5-13(14)16/h3-6,11-12H,7-10H2,1-2H3/t11-,12+/m1/s1. The van der Waals surface area contributed by atoms with Crippen LogP contribution in [0.5, 0.6) is 5.75 Å². The highest BCUT2D eigenvalue weighted by Crippen LogP contribution is 2.16. The maximum Gasteiger partial charge on any atom is 0.226 e. The van der Waals surface area contributed by atoms with E-state index >= 15 is 0 Å². The molecule has 1 aromatic rings. The van der Waals surface area contributed by atoms with Crippen LogP contribution in [0.4, 0.5) is 4.39 Å². The summed E-state index contributed by atoms with van der Waals surface area (Å²) in [4.78, 5) is 13.9. The second-order valence-electron chi connectivity index (χ2n) is 5.07. The summed E-state index contributed by atoms with van der Waals surface area (Å²) in [6.45, 7) is 5.24. The number of nitrogens with zero attached hydrogens (tertiary/aromatic N) is 1. The van der Waals surface area contributed by atoms with E-state index in [4.69, 9.17) is 9.47 Å². The molecule has 1 aliphatic rings. The van der Waals surface area contributed by atoms with Crippen LogP contribution in [-0.4, -0.2) is 42.7 Å². The van der Waals surface area contributed by atoms with Gasteiger partial charge in [0.05, 0.1) is 31.8 Å². The molecule has 0 unspecified atom stereocenters. The number of amides is 1. The van der Waals surface area contributed by atoms with Crippen molar-refractivity contribution in [3.8, 4) is 5.75 Å². The number of carbonyl (C=O) groups excluding carboxylic acids is 1. The zero-order chi connectivity index (χ0) is 14.5. The van der Waals surface area contributed by atoms with Crippen molar-refractivity contribution in [3.05, 3.63) is 30.1 Å². The van der Waals surface area contributed by atoms with Crippen molar-refractivity contribution < 1.29 is 18.7 Å². The molecule has 1 saturated heterocycles. The van der Waals surface area contributed by atoms with Crippen molar-refractivity contribution in [2.24, 2.45) is 0 Å². The summed E-state index contributed by atoms with van der Waals surface area (Å²) in [5, 5.41) is 0. The summed E-state index contributed by atoms with van der Waals surface area (Å²) in [5.41, 5.74) is 0. The maximum absolute atomic E-state index is 13.3. The lowest BCUT2D eigenvalue weighted by Gasteiger charge is -2.36. The Bertz CT molecular complexity index is 466. The predicted octanol–water partition coefficient (Wildman–Crippen LogP) is 2.23. The highest BCUT2D eigenvalue weighted by atomic mass is 19.1. The van der Waals surface area contributed by atoms with E-state index in [1.165, 1.54) is 6.07 Å². The molecule has 1 heterocycles. The Morgan fingerprint density at radius 1 is 1.45 bits per heavy atom. The first-order chi connectivity index (χ1) is 9.58. The Hall–Kier alpha value is -1.62. The van der Waals surface area contributed by atoms with Gasteiger partial charge < -0.3 is 14.4 Å². The summed E-state index contributed by atoms with van der Waals surface area (Å²) in [6, 6.07) is 6.27. The minimum atomic E-state index is -0.409. The molecule has 1 amide bonds. The summed E-state index contributed by atoms with van der Waals surface area (Å²) in [5.74, 6) is -0.207. The van der Waals surface area contributed by atoms with Crippen LogP contribution in [0, 0.1) is 5.82 Å². The van der Waals surface area contributed by atoms with E-state index < -0.39 is 5.82 Å². The minimum absolute atomic E-state index is 0.0176. The van der Waals surface area contributed by atoms with Gasteiger partial charge >= 0.3 is 0 Å². The van der Waals surface area contributed by atoms with E-state index in [0.29, 0.717) is 13.2 Å². The first-order valence-corrected chi connectivity index (χ1v) is 6.86. The van der Waals surface area contributed by atoms with E-state index in [0.717, 1.165) is 0 Å². The van der Waals surface area contributed by atoms with Crippen LogP contribution >= 0.6 is 0 Å². The van der Waals surface area contributed by atoms with Crippen LogP contribution in [0.15, 0.2) is 24.3 Å². The Labute approximate surface area is 118 Å². The average Bonchev–Trinajstić information content (AvgIpc) is 2.43. The van der Waals surface area contributed by atoms with Crippen LogP contribution in [0.25, 0.3) is 0 Å². The first kappa shape index (κ1) is 14.8. The summed E-state index contributed by atoms with van der Waals surface area (Å²) >= 11 is 0. The molecule has 2 atom stereocenters. The lowest BCUT2D eigenvalue weighted by molar-refractivity contribution is -0.143. The van der Waals surface area contributed by atoms with E-state index in [1.807, 2.05) is 13.8 Å². The highest BCUT2D eigenvalue weighted by molar-refractivity contribution is 5.76. The van der Waals surface area contributed by atoms with Crippen LogP contribution in [-0.2, 0) is 9.53 Å². The second kappa shape index (κ2) is 6.70. The highest BCUT2D eigenvalue weighted by Gasteiger charge is 2.27. The maximum atomic E-state index is 13.3. The van der Waals surface area contributed by atoms with Gasteiger partial charge in [-0.05, 0) is 26.0 Å². The topological polar surface area (TPSA) is 38.8 Å². The third-order valence-corrected chi connectivity index (χ3v) is 3.34. The zero-order valence-electron chi connectivity index (χ0n) is 11.8. The number of hydrogen-bond acceptors (Lipinski definition) is 3. The van der Waals surface area contributed by atoms with Crippen LogP contribution < -0.4 is 4.74 Å². The molecule has 0 radical (unpaired) electrons. The van der Waals surface area contributed by atoms with Gasteiger partial charge in [0.15, 0.2) is 11.6 Å². The first-order valence-electron chi connectivity index (χ1n) is 6.86. The minimum Gasteiger partial charge on any atom is -0.490 e. The Morgan fingerprint density at radius 2 is 2.20 bits per heavy atom. The lowest BCUT2D eigenvalue weighted by atomic mass is 10.2. The van der Waals surface area contributed by atoms with Gasteiger partial charge in [0.25, 0.3) is 0 Å². The lowest BCUT2D eigenvalue weighted by Crippen LogP contribution is -2.50. The largest absolute Gasteiger partial charge is 0.490 e. The molecule has 110 valence electrons. The van der Waals surface area contributed by atoms with Gasteiger partial charge in [-0.2, -0.15) is 0 Å². The van der Waals surface area contributed by atoms with Gasteiger partial charge in [0, 0.05) is 6.54 Å². The Morgan fingerprint density at radius 3 is 2.95 bits per heavy atom. The van der Waals surface area contributed by atoms with E-state index in [1.54, 1.807) is 23.1 Å². The summed E-state index contributed by atoms with van der Waals surface area (Å²) < 4.78 is 24.1. The number of carbonyl (C=O) groups is 1. The molecule has 20 heavy (non-hydrogen) atoms. The van der Waals surface area contributed by atoms with Crippen molar-refractivity contribution in [2.75, 3.05) is 19.8 Å². The molecule has 1 aliphatic heterocycles. The van der Waals surface area contributed by atoms with Crippen molar-refractivity contribution in [2.45, 2.75) is 32.4 Å². The molecule has 5 heteroatoms. The fraction of sp³-hybridized carbons (Fsp3) is 0.533. The van der Waals surface area contributed by atoms with Crippen molar-refractivity contribution in [1.82, 2.24) is 4.90 Å². The number of halogens is 1. The molecule has 1 aromatic carbocycles. The van der Waals surface area contributed by atoms with Crippen molar-refractivity contribution >= 4 is 5.91 Å². The molecule has 0 N–H and O–H groups in total. The summed E-state index contributed by atoms with van der Waals surface area (Å²) in [6.07, 6.45) is 0.299. The quantitative estimate of drug-likeness (QED) is 0.849. The molecular weight excluding hydrogens is 261 g/mol. The monoisotopic (exact) mass is 281 g/mol. The smallest absolute Gasteiger partial charge is 0.226 e. The van der Waals surface area contributed by atoms with E-state index in [2.05, 4.69) is 0 Å². The van der Waals surface area contributed by atoms with Crippen LogP contribution in [0.2, 0.25) is 0 Å². The number of rotatable bonds is 4. The Kier molecular flexibility index (Phi) is 4.95. The number of para-hydroxylation sites is 1. The normalized spacial score (nSPS) is 22.6. The third-order valence-electron chi connectivity index (χ3n) is 3.34. The Balaban J connectivity index is 1.82. The molecule has 0 aliphatic carbocycles. The molecular formula is C15H20FNO3. The number of morpholine rings is 1. The molecule has 1 fully saturated rings. The SMILES string of the molecule is C[C@@H]1CO[C@@H](C)CN1C(=O)CCOc1ccccc1F. The fourth-order valence-electron chi connectivity index (χ4n) is 2.20. The molecule has 0 saturated carbocycles. The summed E-state index contributed by atoms with van der Waals surface area (Å²) in [7, 11) is 0. The van der Waals surface area contributed by atoms with Crippen molar-refractivity contribution in [1.29, 1.82) is 0 Å². The van der Waals surface area contributed by atoms with Gasteiger partial charge in [-0.3, -0.25) is 4.79 Å². The van der Waals surface area contributed by atoms with Gasteiger partial charge in [-0.25, -0.2) is 4.39 Å². The molecule has 0 spiro atoms. The molecule has 2 rings (SSSR count). The van der Waals surface area contributed by atoms with Crippen LogP contribution in [0.3, 0.4) is 0 Å². The number of benzene rings is 1. The van der Waals surface area contributed by atoms with Crippen LogP contribution in [0.1, 0.15) is 20.3 Å². The van der Waals surface area contributed by atoms with Gasteiger partial charge in [0.2, 0.25) is 5.91 Å². The number of hydrogen-bond donors (Lipinski definition) is 0. The average molecular weight is 281 g/mol. The predicted molar refractivity (Wildman–Crippen MR) is 73.1 cm³/mol. The van der Waals surface area contributed by atoms with Gasteiger partial charge in [-0.15, -0.1) is 0 Å². The molecule has 0 bridgehead atoms. The number of ether oxygens (including phenoxy) is 2. The third kappa shape index (κ3) is 3.70. The molecule has 0 aromatic heterocycles. The van der Waals surface area contributed by atoms with E-state index in [-0.39, 0.29) is 36.8 Å². The zero-order valence-corrected chi connectivity index (χ0v) is 11.8. The van der Waals surface area contributed by atoms with E-state index in [9.17, 15) is 9.18 Å². The van der Waals surface area contributed by atoms with Gasteiger partial charge in [-0.1, -0.05) is 12.1 Å². The molecule has 4 nitrogen and oxygen atoms in total. The second-order valence-corrected chi connectivity index (χ2v) is 5.07.